The Kier molecular flexibility index (Phi) is 5.09. The zero-order chi connectivity index (χ0) is 15.2. The van der Waals surface area contributed by atoms with E-state index >= 15 is 0 Å². The van der Waals surface area contributed by atoms with Crippen molar-refractivity contribution in [1.29, 1.82) is 0 Å². The Morgan fingerprint density at radius 2 is 2.29 bits per heavy atom. The lowest BCUT2D eigenvalue weighted by molar-refractivity contribution is 0.419. The molecule has 5 nitrogen and oxygen atoms in total. The average Bonchev–Trinajstić information content (AvgIpc) is 2.90. The van der Waals surface area contributed by atoms with E-state index < -0.39 is 0 Å². The van der Waals surface area contributed by atoms with Crippen LogP contribution in [-0.4, -0.2) is 30.6 Å². The summed E-state index contributed by atoms with van der Waals surface area (Å²) >= 11 is 0. The molecule has 0 amide bonds. The van der Waals surface area contributed by atoms with Crippen molar-refractivity contribution in [3.8, 4) is 5.75 Å². The van der Waals surface area contributed by atoms with Crippen LogP contribution in [0.1, 0.15) is 25.8 Å². The molecule has 114 valence electrons. The minimum Gasteiger partial charge on any atom is -0.496 e. The van der Waals surface area contributed by atoms with Gasteiger partial charge in [-0.3, -0.25) is 4.99 Å². The van der Waals surface area contributed by atoms with Gasteiger partial charge in [0.15, 0.2) is 5.96 Å². The highest BCUT2D eigenvalue weighted by Crippen LogP contribution is 2.28. The predicted octanol–water partition coefficient (Wildman–Crippen LogP) is 2.42. The third kappa shape index (κ3) is 3.68. The molecule has 1 aromatic heterocycles. The van der Waals surface area contributed by atoms with Crippen LogP contribution < -0.4 is 15.8 Å². The number of H-pyrrole nitrogens is 1. The van der Waals surface area contributed by atoms with Crippen molar-refractivity contribution in [3.05, 3.63) is 30.0 Å². The maximum Gasteiger partial charge on any atom is 0.188 e. The molecule has 1 atom stereocenters. The predicted molar refractivity (Wildman–Crippen MR) is 87.9 cm³/mol. The highest BCUT2D eigenvalue weighted by atomic mass is 16.5. The third-order valence-corrected chi connectivity index (χ3v) is 3.64. The second-order valence-electron chi connectivity index (χ2n) is 5.17. The molecule has 0 aliphatic heterocycles. The number of ether oxygens (including phenoxy) is 1. The largest absolute Gasteiger partial charge is 0.496 e. The summed E-state index contributed by atoms with van der Waals surface area (Å²) in [6, 6.07) is 6.35. The first kappa shape index (κ1) is 15.2. The molecule has 21 heavy (non-hydrogen) atoms. The van der Waals surface area contributed by atoms with Crippen LogP contribution in [0.2, 0.25) is 0 Å². The molecule has 5 heteroatoms. The molecule has 1 aromatic carbocycles. The van der Waals surface area contributed by atoms with Gasteiger partial charge >= 0.3 is 0 Å². The number of fused-ring (bicyclic) bond motifs is 1. The molecule has 4 N–H and O–H groups in total. The summed E-state index contributed by atoms with van der Waals surface area (Å²) in [6.07, 6.45) is 3.86. The molecular weight excluding hydrogens is 264 g/mol. The quantitative estimate of drug-likeness (QED) is 0.564. The number of benzene rings is 1. The lowest BCUT2D eigenvalue weighted by Crippen LogP contribution is -2.38. The van der Waals surface area contributed by atoms with Crippen LogP contribution in [0.5, 0.6) is 5.75 Å². The highest BCUT2D eigenvalue weighted by Gasteiger charge is 2.08. The van der Waals surface area contributed by atoms with Crippen LogP contribution in [0.15, 0.2) is 29.4 Å². The summed E-state index contributed by atoms with van der Waals surface area (Å²) in [7, 11) is 1.69. The summed E-state index contributed by atoms with van der Waals surface area (Å²) in [4.78, 5) is 7.64. The van der Waals surface area contributed by atoms with Crippen molar-refractivity contribution < 1.29 is 4.74 Å². The van der Waals surface area contributed by atoms with Gasteiger partial charge in [-0.2, -0.15) is 0 Å². The van der Waals surface area contributed by atoms with Gasteiger partial charge in [0.25, 0.3) is 0 Å². The van der Waals surface area contributed by atoms with Gasteiger partial charge in [-0.05, 0) is 37.5 Å². The fourth-order valence-electron chi connectivity index (χ4n) is 2.28. The van der Waals surface area contributed by atoms with Crippen molar-refractivity contribution in [2.24, 2.45) is 10.7 Å². The maximum atomic E-state index is 5.86. The minimum absolute atomic E-state index is 0.349. The number of nitrogens with one attached hydrogen (secondary N) is 2. The van der Waals surface area contributed by atoms with E-state index in [1.54, 1.807) is 7.11 Å². The van der Waals surface area contributed by atoms with Crippen LogP contribution in [0.3, 0.4) is 0 Å². The average molecular weight is 288 g/mol. The number of aromatic amines is 1. The number of nitrogens with zero attached hydrogens (tertiary/aromatic N) is 1. The Bertz CT molecular complexity index is 618. The Hall–Kier alpha value is -2.17. The molecule has 0 aliphatic rings. The van der Waals surface area contributed by atoms with Gasteiger partial charge in [0.2, 0.25) is 0 Å². The lowest BCUT2D eigenvalue weighted by atomic mass is 10.1. The van der Waals surface area contributed by atoms with E-state index in [-0.39, 0.29) is 0 Å². The molecule has 1 unspecified atom stereocenters. The summed E-state index contributed by atoms with van der Waals surface area (Å²) in [6.45, 7) is 4.86. The fourth-order valence-corrected chi connectivity index (χ4v) is 2.28. The number of hydrogen-bond donors (Lipinski definition) is 3. The van der Waals surface area contributed by atoms with E-state index in [2.05, 4.69) is 29.1 Å². The van der Waals surface area contributed by atoms with E-state index in [1.807, 2.05) is 24.4 Å². The first-order valence-corrected chi connectivity index (χ1v) is 7.35. The normalized spacial score (nSPS) is 13.4. The molecule has 0 radical (unpaired) electrons. The van der Waals surface area contributed by atoms with E-state index in [4.69, 9.17) is 10.5 Å². The zero-order valence-electron chi connectivity index (χ0n) is 12.9. The summed E-state index contributed by atoms with van der Waals surface area (Å²) in [5.41, 5.74) is 8.14. The molecule has 0 spiro atoms. The Balaban J connectivity index is 2.05. The van der Waals surface area contributed by atoms with Crippen molar-refractivity contribution in [1.82, 2.24) is 10.3 Å². The van der Waals surface area contributed by atoms with E-state index in [1.165, 1.54) is 5.56 Å². The lowest BCUT2D eigenvalue weighted by Gasteiger charge is -2.11. The topological polar surface area (TPSA) is 75.4 Å². The molecular formula is C16H24N4O. The van der Waals surface area contributed by atoms with Crippen molar-refractivity contribution >= 4 is 16.9 Å². The van der Waals surface area contributed by atoms with Gasteiger partial charge in [0, 0.05) is 29.7 Å². The minimum atomic E-state index is 0.349. The van der Waals surface area contributed by atoms with Gasteiger partial charge in [0.1, 0.15) is 5.75 Å². The van der Waals surface area contributed by atoms with E-state index in [0.717, 1.165) is 29.5 Å². The van der Waals surface area contributed by atoms with Crippen molar-refractivity contribution in [3.63, 3.8) is 0 Å². The molecule has 0 saturated heterocycles. The summed E-state index contributed by atoms with van der Waals surface area (Å²) in [5.74, 6) is 1.40. The number of rotatable bonds is 6. The molecule has 0 fully saturated rings. The van der Waals surface area contributed by atoms with Gasteiger partial charge in [0.05, 0.1) is 7.11 Å². The summed E-state index contributed by atoms with van der Waals surface area (Å²) < 4.78 is 5.43. The van der Waals surface area contributed by atoms with Crippen LogP contribution in [0.4, 0.5) is 0 Å². The first-order valence-electron chi connectivity index (χ1n) is 7.35. The standard InChI is InChI=1S/C16H24N4O/c1-4-11(2)20-16(17)18-9-8-12-10-19-13-6-5-7-14(21-3)15(12)13/h5-7,10-11,19H,4,8-9H2,1-3H3,(H3,17,18,20). The molecule has 2 rings (SSSR count). The number of guanidine groups is 1. The molecule has 1 heterocycles. The number of hydrogen-bond acceptors (Lipinski definition) is 2. The van der Waals surface area contributed by atoms with Gasteiger partial charge in [-0.15, -0.1) is 0 Å². The summed E-state index contributed by atoms with van der Waals surface area (Å²) in [5, 5.41) is 4.29. The second kappa shape index (κ2) is 7.02. The van der Waals surface area contributed by atoms with Gasteiger partial charge in [-0.25, -0.2) is 0 Å². The molecule has 0 saturated carbocycles. The van der Waals surface area contributed by atoms with Crippen molar-refractivity contribution in [2.45, 2.75) is 32.7 Å². The van der Waals surface area contributed by atoms with E-state index in [0.29, 0.717) is 18.5 Å². The third-order valence-electron chi connectivity index (χ3n) is 3.64. The van der Waals surface area contributed by atoms with E-state index in [9.17, 15) is 0 Å². The Morgan fingerprint density at radius 3 is 3.00 bits per heavy atom. The first-order chi connectivity index (χ1) is 10.2. The van der Waals surface area contributed by atoms with Gasteiger partial charge < -0.3 is 20.8 Å². The number of aliphatic imine (C=N–C) groups is 1. The van der Waals surface area contributed by atoms with Gasteiger partial charge in [-0.1, -0.05) is 13.0 Å². The maximum absolute atomic E-state index is 5.86. The zero-order valence-corrected chi connectivity index (χ0v) is 12.9. The van der Waals surface area contributed by atoms with Crippen LogP contribution >= 0.6 is 0 Å². The van der Waals surface area contributed by atoms with Crippen molar-refractivity contribution in [2.75, 3.05) is 13.7 Å². The van der Waals surface area contributed by atoms with Crippen LogP contribution in [0, 0.1) is 0 Å². The van der Waals surface area contributed by atoms with Crippen LogP contribution in [0.25, 0.3) is 10.9 Å². The SMILES string of the molecule is CCC(C)NC(N)=NCCc1c[nH]c2cccc(OC)c12. The molecule has 0 bridgehead atoms. The second-order valence-corrected chi connectivity index (χ2v) is 5.17. The smallest absolute Gasteiger partial charge is 0.188 e. The molecule has 2 aromatic rings. The monoisotopic (exact) mass is 288 g/mol. The number of nitrogens with two attached hydrogens (primary N) is 1. The Morgan fingerprint density at radius 1 is 1.48 bits per heavy atom. The Labute approximate surface area is 125 Å². The fraction of sp³-hybridized carbons (Fsp3) is 0.438. The molecule has 0 aliphatic carbocycles. The number of methoxy groups -OCH3 is 1. The highest BCUT2D eigenvalue weighted by molar-refractivity contribution is 5.89. The number of aromatic nitrogens is 1. The van der Waals surface area contributed by atoms with Crippen LogP contribution in [-0.2, 0) is 6.42 Å².